The molecule has 2 aromatic heterocycles. The van der Waals surface area contributed by atoms with Gasteiger partial charge in [0.15, 0.2) is 0 Å². The van der Waals surface area contributed by atoms with E-state index in [1.54, 1.807) is 0 Å². The molecule has 0 aliphatic carbocycles. The molecule has 0 aromatic carbocycles. The molecule has 0 bridgehead atoms. The predicted molar refractivity (Wildman–Crippen MR) is 87.2 cm³/mol. The third-order valence-corrected chi connectivity index (χ3v) is 3.73. The summed E-state index contributed by atoms with van der Waals surface area (Å²) in [5.74, 6) is -2.05. The molecule has 0 aliphatic heterocycles. The van der Waals surface area contributed by atoms with Gasteiger partial charge >= 0.3 is 12.1 Å². The summed E-state index contributed by atoms with van der Waals surface area (Å²) in [5, 5.41) is 6.11. The van der Waals surface area contributed by atoms with E-state index in [0.717, 1.165) is 13.1 Å². The van der Waals surface area contributed by atoms with Crippen molar-refractivity contribution in [2.45, 2.75) is 33.0 Å². The minimum Gasteiger partial charge on any atom is -0.348 e. The lowest BCUT2D eigenvalue weighted by Gasteiger charge is -2.23. The molecule has 1 N–H and O–H groups in total. The van der Waals surface area contributed by atoms with Gasteiger partial charge in [-0.2, -0.15) is 18.2 Å². The number of nitrogens with zero attached hydrogens (tertiary/aromatic N) is 4. The molecule has 142 valence electrons. The Morgan fingerprint density at radius 2 is 2.00 bits per heavy atom. The summed E-state index contributed by atoms with van der Waals surface area (Å²) in [6.45, 7) is 8.48. The van der Waals surface area contributed by atoms with Crippen LogP contribution < -0.4 is 5.32 Å². The monoisotopic (exact) mass is 371 g/mol. The number of halogens is 3. The first-order chi connectivity index (χ1) is 12.2. The van der Waals surface area contributed by atoms with E-state index < -0.39 is 12.1 Å². The molecule has 0 fully saturated rings. The van der Waals surface area contributed by atoms with Crippen LogP contribution in [0.3, 0.4) is 0 Å². The van der Waals surface area contributed by atoms with E-state index in [1.807, 2.05) is 20.8 Å². The molecule has 2 rings (SSSR count). The molecule has 0 aliphatic rings. The summed E-state index contributed by atoms with van der Waals surface area (Å²) in [4.78, 5) is 21.6. The van der Waals surface area contributed by atoms with E-state index in [4.69, 9.17) is 0 Å². The summed E-state index contributed by atoms with van der Waals surface area (Å²) >= 11 is 0. The lowest BCUT2D eigenvalue weighted by molar-refractivity contribution is -0.159. The SMILES string of the molecule is CCN(CC)C[C@@H](C)NC(=O)c1ccc(-c2noc(C(F)(F)F)n2)nc1. The number of carbonyl (C=O) groups excluding carboxylic acids is 1. The van der Waals surface area contributed by atoms with Crippen molar-refractivity contribution in [2.75, 3.05) is 19.6 Å². The van der Waals surface area contributed by atoms with Crippen molar-refractivity contribution in [3.8, 4) is 11.5 Å². The summed E-state index contributed by atoms with van der Waals surface area (Å²) < 4.78 is 41.6. The number of aromatic nitrogens is 3. The maximum Gasteiger partial charge on any atom is 0.471 e. The first kappa shape index (κ1) is 19.8. The summed E-state index contributed by atoms with van der Waals surface area (Å²) in [6.07, 6.45) is -3.45. The first-order valence-corrected chi connectivity index (χ1v) is 8.15. The molecule has 1 amide bonds. The second kappa shape index (κ2) is 8.26. The molecule has 2 heterocycles. The van der Waals surface area contributed by atoms with Gasteiger partial charge in [0.25, 0.3) is 5.91 Å². The van der Waals surface area contributed by atoms with E-state index in [0.29, 0.717) is 12.1 Å². The number of pyridine rings is 1. The Labute approximate surface area is 148 Å². The second-order valence-electron chi connectivity index (χ2n) is 5.71. The van der Waals surface area contributed by atoms with E-state index in [2.05, 4.69) is 29.9 Å². The molecule has 1 atom stereocenters. The van der Waals surface area contributed by atoms with Crippen LogP contribution in [0.5, 0.6) is 0 Å². The van der Waals surface area contributed by atoms with E-state index in [-0.39, 0.29) is 23.5 Å². The Hall–Kier alpha value is -2.49. The van der Waals surface area contributed by atoms with Crippen LogP contribution in [-0.4, -0.2) is 51.6 Å². The molecule has 0 spiro atoms. The molecular formula is C16H20F3N5O2. The molecule has 2 aromatic rings. The maximum atomic E-state index is 12.5. The molecule has 10 heteroatoms. The number of nitrogens with one attached hydrogen (secondary N) is 1. The minimum atomic E-state index is -4.72. The Kier molecular flexibility index (Phi) is 6.30. The quantitative estimate of drug-likeness (QED) is 0.805. The highest BCUT2D eigenvalue weighted by molar-refractivity contribution is 5.94. The summed E-state index contributed by atoms with van der Waals surface area (Å²) in [7, 11) is 0. The Morgan fingerprint density at radius 3 is 2.50 bits per heavy atom. The van der Waals surface area contributed by atoms with Crippen molar-refractivity contribution in [1.29, 1.82) is 0 Å². The highest BCUT2D eigenvalue weighted by atomic mass is 19.4. The molecule has 0 unspecified atom stereocenters. The molecule has 0 saturated carbocycles. The van der Waals surface area contributed by atoms with Gasteiger partial charge in [0.2, 0.25) is 5.82 Å². The number of rotatable bonds is 7. The minimum absolute atomic E-state index is 0.0615. The first-order valence-electron chi connectivity index (χ1n) is 8.15. The standard InChI is InChI=1S/C16H20F3N5O2/c1-4-24(5-2)9-10(3)21-14(25)11-6-7-12(20-8-11)13-22-15(26-23-13)16(17,18)19/h6-8,10H,4-5,9H2,1-3H3,(H,21,25)/t10-/m1/s1. The Balaban J connectivity index is 2.02. The number of alkyl halides is 3. The van der Waals surface area contributed by atoms with E-state index in [9.17, 15) is 18.0 Å². The average Bonchev–Trinajstić information content (AvgIpc) is 3.10. The summed E-state index contributed by atoms with van der Waals surface area (Å²) in [6, 6.07) is 2.76. The van der Waals surface area contributed by atoms with Gasteiger partial charge < -0.3 is 14.7 Å². The largest absolute Gasteiger partial charge is 0.471 e. The fraction of sp³-hybridized carbons (Fsp3) is 0.500. The molecule has 0 saturated heterocycles. The van der Waals surface area contributed by atoms with Gasteiger partial charge in [0.1, 0.15) is 5.69 Å². The van der Waals surface area contributed by atoms with Crippen LogP contribution in [0.4, 0.5) is 13.2 Å². The second-order valence-corrected chi connectivity index (χ2v) is 5.71. The van der Waals surface area contributed by atoms with Gasteiger partial charge in [-0.3, -0.25) is 9.78 Å². The van der Waals surface area contributed by atoms with Crippen molar-refractivity contribution in [2.24, 2.45) is 0 Å². The van der Waals surface area contributed by atoms with Gasteiger partial charge in [0, 0.05) is 18.8 Å². The van der Waals surface area contributed by atoms with Crippen LogP contribution in [0.1, 0.15) is 37.0 Å². The highest BCUT2D eigenvalue weighted by Gasteiger charge is 2.38. The van der Waals surface area contributed by atoms with Crippen molar-refractivity contribution >= 4 is 5.91 Å². The van der Waals surface area contributed by atoms with Gasteiger partial charge in [-0.25, -0.2) is 0 Å². The lowest BCUT2D eigenvalue weighted by atomic mass is 10.2. The highest BCUT2D eigenvalue weighted by Crippen LogP contribution is 2.28. The molecule has 0 radical (unpaired) electrons. The van der Waals surface area contributed by atoms with E-state index >= 15 is 0 Å². The smallest absolute Gasteiger partial charge is 0.348 e. The third kappa shape index (κ3) is 5.01. The zero-order valence-corrected chi connectivity index (χ0v) is 14.7. The fourth-order valence-corrected chi connectivity index (χ4v) is 2.32. The third-order valence-electron chi connectivity index (χ3n) is 3.73. The van der Waals surface area contributed by atoms with Gasteiger partial charge in [-0.1, -0.05) is 19.0 Å². The van der Waals surface area contributed by atoms with Crippen LogP contribution in [0.25, 0.3) is 11.5 Å². The van der Waals surface area contributed by atoms with Crippen LogP contribution in [-0.2, 0) is 6.18 Å². The molecular weight excluding hydrogens is 351 g/mol. The average molecular weight is 371 g/mol. The van der Waals surface area contributed by atoms with Crippen molar-refractivity contribution in [3.63, 3.8) is 0 Å². The predicted octanol–water partition coefficient (Wildman–Crippen LogP) is 2.61. The fourth-order valence-electron chi connectivity index (χ4n) is 2.32. The number of likely N-dealkylation sites (N-methyl/N-ethyl adjacent to an activating group) is 1. The van der Waals surface area contributed by atoms with Crippen molar-refractivity contribution in [3.05, 3.63) is 29.8 Å². The topological polar surface area (TPSA) is 84.2 Å². The molecule has 26 heavy (non-hydrogen) atoms. The van der Waals surface area contributed by atoms with Crippen LogP contribution in [0.15, 0.2) is 22.9 Å². The van der Waals surface area contributed by atoms with Crippen LogP contribution >= 0.6 is 0 Å². The number of hydrogen-bond donors (Lipinski definition) is 1. The maximum absolute atomic E-state index is 12.5. The summed E-state index contributed by atoms with van der Waals surface area (Å²) in [5.41, 5.74) is 0.372. The number of carbonyl (C=O) groups is 1. The Morgan fingerprint density at radius 1 is 1.31 bits per heavy atom. The van der Waals surface area contributed by atoms with Crippen LogP contribution in [0, 0.1) is 0 Å². The Bertz CT molecular complexity index is 726. The number of amides is 1. The lowest BCUT2D eigenvalue weighted by Crippen LogP contribution is -2.41. The van der Waals surface area contributed by atoms with Gasteiger partial charge in [-0.15, -0.1) is 0 Å². The zero-order chi connectivity index (χ0) is 19.3. The number of hydrogen-bond acceptors (Lipinski definition) is 6. The van der Waals surface area contributed by atoms with Crippen molar-refractivity contribution < 1.29 is 22.5 Å². The van der Waals surface area contributed by atoms with Gasteiger partial charge in [-0.05, 0) is 32.1 Å². The molecule has 7 nitrogen and oxygen atoms in total. The van der Waals surface area contributed by atoms with E-state index in [1.165, 1.54) is 18.3 Å². The van der Waals surface area contributed by atoms with Gasteiger partial charge in [0.05, 0.1) is 5.56 Å². The zero-order valence-electron chi connectivity index (χ0n) is 14.7. The normalized spacial score (nSPS) is 13.0. The van der Waals surface area contributed by atoms with Crippen molar-refractivity contribution in [1.82, 2.24) is 25.3 Å². The van der Waals surface area contributed by atoms with Crippen LogP contribution in [0.2, 0.25) is 0 Å².